The fourth-order valence-corrected chi connectivity index (χ4v) is 2.89. The number of nitrogens with zero attached hydrogens (tertiary/aromatic N) is 1. The van der Waals surface area contributed by atoms with Crippen LogP contribution in [0.5, 0.6) is 5.75 Å². The molecule has 4 heteroatoms. The zero-order valence-electron chi connectivity index (χ0n) is 11.9. The Morgan fingerprint density at radius 2 is 2.40 bits per heavy atom. The van der Waals surface area contributed by atoms with Gasteiger partial charge in [-0.25, -0.2) is 4.98 Å². The van der Waals surface area contributed by atoms with Gasteiger partial charge in [-0.2, -0.15) is 0 Å². The average molecular weight is 271 g/mol. The van der Waals surface area contributed by atoms with Crippen LogP contribution in [0, 0.1) is 0 Å². The van der Waals surface area contributed by atoms with Crippen molar-refractivity contribution < 1.29 is 4.74 Å². The summed E-state index contributed by atoms with van der Waals surface area (Å²) in [6.45, 7) is 1.02. The van der Waals surface area contributed by atoms with E-state index in [0.717, 1.165) is 37.4 Å². The van der Waals surface area contributed by atoms with Crippen molar-refractivity contribution in [2.24, 2.45) is 0 Å². The highest BCUT2D eigenvalue weighted by Gasteiger charge is 2.22. The molecule has 1 aliphatic carbocycles. The number of fused-ring (bicyclic) bond motifs is 1. The lowest BCUT2D eigenvalue weighted by Crippen LogP contribution is -2.21. The third-order valence-electron chi connectivity index (χ3n) is 3.97. The molecule has 0 radical (unpaired) electrons. The van der Waals surface area contributed by atoms with Crippen LogP contribution in [0.15, 0.2) is 30.6 Å². The maximum atomic E-state index is 5.32. The molecular formula is C16H21N3O. The molecule has 0 aliphatic heterocycles. The number of hydrogen-bond acceptors (Lipinski definition) is 3. The number of nitrogens with one attached hydrogen (secondary N) is 2. The summed E-state index contributed by atoms with van der Waals surface area (Å²) in [7, 11) is 1.72. The van der Waals surface area contributed by atoms with Crippen LogP contribution in [-0.4, -0.2) is 23.6 Å². The lowest BCUT2D eigenvalue weighted by molar-refractivity contribution is 0.413. The maximum absolute atomic E-state index is 5.32. The largest absolute Gasteiger partial charge is 0.497 e. The third kappa shape index (κ3) is 2.85. The standard InChI is InChI=1S/C16H21N3O/c1-20-13-6-4-12-5-7-15(14(12)11-13)17-8-2-3-16-18-9-10-19-16/h4,6,9-11,15,17H,2-3,5,7-8H2,1H3,(H,18,19). The fraction of sp³-hybridized carbons (Fsp3) is 0.438. The van der Waals surface area contributed by atoms with Gasteiger partial charge in [-0.15, -0.1) is 0 Å². The van der Waals surface area contributed by atoms with Crippen LogP contribution in [0.4, 0.5) is 0 Å². The van der Waals surface area contributed by atoms with Gasteiger partial charge in [0.25, 0.3) is 0 Å². The van der Waals surface area contributed by atoms with Crippen molar-refractivity contribution in [3.05, 3.63) is 47.5 Å². The Bertz CT molecular complexity index is 551. The fourth-order valence-electron chi connectivity index (χ4n) is 2.89. The predicted octanol–water partition coefficient (Wildman–Crippen LogP) is 2.63. The Morgan fingerprint density at radius 3 is 3.20 bits per heavy atom. The first kappa shape index (κ1) is 13.2. The lowest BCUT2D eigenvalue weighted by atomic mass is 10.1. The molecule has 0 spiro atoms. The molecule has 1 heterocycles. The van der Waals surface area contributed by atoms with Gasteiger partial charge in [0, 0.05) is 24.9 Å². The van der Waals surface area contributed by atoms with Crippen molar-refractivity contribution in [1.29, 1.82) is 0 Å². The van der Waals surface area contributed by atoms with Gasteiger partial charge in [-0.3, -0.25) is 0 Å². The van der Waals surface area contributed by atoms with Gasteiger partial charge in [0.05, 0.1) is 7.11 Å². The van der Waals surface area contributed by atoms with Crippen LogP contribution >= 0.6 is 0 Å². The Hall–Kier alpha value is -1.81. The van der Waals surface area contributed by atoms with Crippen LogP contribution in [0.3, 0.4) is 0 Å². The highest BCUT2D eigenvalue weighted by Crippen LogP contribution is 2.33. The molecule has 1 aromatic heterocycles. The molecule has 1 aromatic carbocycles. The van der Waals surface area contributed by atoms with E-state index in [1.54, 1.807) is 7.11 Å². The first-order chi connectivity index (χ1) is 9.86. The van der Waals surface area contributed by atoms with Gasteiger partial charge < -0.3 is 15.0 Å². The Kier molecular flexibility index (Phi) is 4.02. The summed E-state index contributed by atoms with van der Waals surface area (Å²) in [5.41, 5.74) is 2.86. The first-order valence-corrected chi connectivity index (χ1v) is 7.25. The molecule has 0 saturated heterocycles. The topological polar surface area (TPSA) is 49.9 Å². The SMILES string of the molecule is COc1ccc2c(c1)C(NCCCc1ncc[nH]1)CC2. The van der Waals surface area contributed by atoms with E-state index in [2.05, 4.69) is 33.5 Å². The molecule has 1 unspecified atom stereocenters. The Balaban J connectivity index is 1.52. The van der Waals surface area contributed by atoms with E-state index in [1.807, 2.05) is 12.4 Å². The predicted molar refractivity (Wildman–Crippen MR) is 79.0 cm³/mol. The molecule has 20 heavy (non-hydrogen) atoms. The number of aromatic amines is 1. The number of hydrogen-bond donors (Lipinski definition) is 2. The number of methoxy groups -OCH3 is 1. The molecule has 106 valence electrons. The zero-order valence-corrected chi connectivity index (χ0v) is 11.9. The van der Waals surface area contributed by atoms with Crippen LogP contribution in [-0.2, 0) is 12.8 Å². The number of benzene rings is 1. The molecule has 1 aliphatic rings. The maximum Gasteiger partial charge on any atom is 0.119 e. The number of imidazole rings is 1. The van der Waals surface area contributed by atoms with E-state index in [1.165, 1.54) is 17.5 Å². The van der Waals surface area contributed by atoms with E-state index in [-0.39, 0.29) is 0 Å². The second-order valence-electron chi connectivity index (χ2n) is 5.25. The van der Waals surface area contributed by atoms with Gasteiger partial charge in [0.2, 0.25) is 0 Å². The van der Waals surface area contributed by atoms with Crippen molar-refractivity contribution in [2.45, 2.75) is 31.7 Å². The van der Waals surface area contributed by atoms with E-state index in [9.17, 15) is 0 Å². The van der Waals surface area contributed by atoms with Gasteiger partial charge in [0.1, 0.15) is 11.6 Å². The highest BCUT2D eigenvalue weighted by molar-refractivity contribution is 5.40. The molecular weight excluding hydrogens is 250 g/mol. The molecule has 2 aromatic rings. The van der Waals surface area contributed by atoms with Crippen LogP contribution < -0.4 is 10.1 Å². The summed E-state index contributed by atoms with van der Waals surface area (Å²) in [5, 5.41) is 3.65. The summed E-state index contributed by atoms with van der Waals surface area (Å²) in [4.78, 5) is 7.39. The normalized spacial score (nSPS) is 17.1. The number of aryl methyl sites for hydroxylation is 2. The van der Waals surface area contributed by atoms with Crippen molar-refractivity contribution in [3.8, 4) is 5.75 Å². The second kappa shape index (κ2) is 6.09. The Morgan fingerprint density at radius 1 is 1.45 bits per heavy atom. The van der Waals surface area contributed by atoms with Crippen molar-refractivity contribution >= 4 is 0 Å². The summed E-state index contributed by atoms with van der Waals surface area (Å²) in [6.07, 6.45) is 8.13. The van der Waals surface area contributed by atoms with Gasteiger partial charge in [-0.1, -0.05) is 6.07 Å². The van der Waals surface area contributed by atoms with E-state index >= 15 is 0 Å². The van der Waals surface area contributed by atoms with Gasteiger partial charge in [0.15, 0.2) is 0 Å². The molecule has 1 atom stereocenters. The van der Waals surface area contributed by atoms with Crippen molar-refractivity contribution in [3.63, 3.8) is 0 Å². The minimum Gasteiger partial charge on any atom is -0.497 e. The molecule has 0 bridgehead atoms. The summed E-state index contributed by atoms with van der Waals surface area (Å²) >= 11 is 0. The van der Waals surface area contributed by atoms with Gasteiger partial charge in [-0.05, 0) is 49.1 Å². The molecule has 0 fully saturated rings. The monoisotopic (exact) mass is 271 g/mol. The quantitative estimate of drug-likeness (QED) is 0.794. The minimum atomic E-state index is 0.469. The Labute approximate surface area is 119 Å². The van der Waals surface area contributed by atoms with E-state index in [4.69, 9.17) is 4.74 Å². The van der Waals surface area contributed by atoms with Crippen molar-refractivity contribution in [1.82, 2.24) is 15.3 Å². The highest BCUT2D eigenvalue weighted by atomic mass is 16.5. The zero-order chi connectivity index (χ0) is 13.8. The van der Waals surface area contributed by atoms with Crippen LogP contribution in [0.25, 0.3) is 0 Å². The second-order valence-corrected chi connectivity index (χ2v) is 5.25. The first-order valence-electron chi connectivity index (χ1n) is 7.25. The lowest BCUT2D eigenvalue weighted by Gasteiger charge is -2.14. The van der Waals surface area contributed by atoms with E-state index < -0.39 is 0 Å². The number of H-pyrrole nitrogens is 1. The van der Waals surface area contributed by atoms with Crippen molar-refractivity contribution in [2.75, 3.05) is 13.7 Å². The molecule has 3 rings (SSSR count). The summed E-state index contributed by atoms with van der Waals surface area (Å²) in [5.74, 6) is 2.02. The van der Waals surface area contributed by atoms with Gasteiger partial charge >= 0.3 is 0 Å². The average Bonchev–Trinajstić information content (AvgIpc) is 3.13. The number of rotatable bonds is 6. The smallest absolute Gasteiger partial charge is 0.119 e. The van der Waals surface area contributed by atoms with Crippen LogP contribution in [0.2, 0.25) is 0 Å². The minimum absolute atomic E-state index is 0.469. The van der Waals surface area contributed by atoms with E-state index in [0.29, 0.717) is 6.04 Å². The molecule has 0 amide bonds. The summed E-state index contributed by atoms with van der Waals surface area (Å²) in [6, 6.07) is 6.89. The number of ether oxygens (including phenoxy) is 1. The summed E-state index contributed by atoms with van der Waals surface area (Å²) < 4.78 is 5.32. The van der Waals surface area contributed by atoms with Crippen LogP contribution in [0.1, 0.15) is 35.8 Å². The third-order valence-corrected chi connectivity index (χ3v) is 3.97. The molecule has 2 N–H and O–H groups in total. The number of aromatic nitrogens is 2. The molecule has 4 nitrogen and oxygen atoms in total. The molecule has 0 saturated carbocycles.